The van der Waals surface area contributed by atoms with E-state index in [2.05, 4.69) is 10.6 Å². The molecule has 5 nitrogen and oxygen atoms in total. The lowest BCUT2D eigenvalue weighted by Gasteiger charge is -2.05. The van der Waals surface area contributed by atoms with E-state index < -0.39 is 5.91 Å². The molecule has 22 heavy (non-hydrogen) atoms. The molecule has 0 aromatic heterocycles. The maximum atomic E-state index is 12.0. The third-order valence-electron chi connectivity index (χ3n) is 2.79. The Balaban J connectivity index is 2.05. The molecule has 0 aliphatic heterocycles. The predicted molar refractivity (Wildman–Crippen MR) is 83.5 cm³/mol. The first-order valence-corrected chi connectivity index (χ1v) is 6.46. The number of amides is 1. The third-order valence-corrected chi connectivity index (χ3v) is 2.79. The summed E-state index contributed by atoms with van der Waals surface area (Å²) in [6, 6.07) is 19.4. The molecule has 1 amide bonds. The minimum Gasteiger partial charge on any atom is -0.360 e. The summed E-state index contributed by atoms with van der Waals surface area (Å²) in [6.07, 6.45) is 1.33. The lowest BCUT2D eigenvalue weighted by atomic mass is 10.2. The molecule has 2 N–H and O–H groups in total. The number of hydrogen-bond acceptors (Lipinski definition) is 4. The normalized spacial score (nSPS) is 10.2. The van der Waals surface area contributed by atoms with Gasteiger partial charge in [-0.25, -0.2) is 0 Å². The Morgan fingerprint density at radius 2 is 1.64 bits per heavy atom. The highest BCUT2D eigenvalue weighted by Crippen LogP contribution is 2.11. The number of carbonyl (C=O) groups excluding carboxylic acids is 1. The molecule has 0 bridgehead atoms. The van der Waals surface area contributed by atoms with Crippen molar-refractivity contribution in [3.05, 3.63) is 71.9 Å². The Labute approximate surface area is 128 Å². The van der Waals surface area contributed by atoms with Gasteiger partial charge in [-0.2, -0.15) is 10.5 Å². The van der Waals surface area contributed by atoms with E-state index in [0.717, 1.165) is 0 Å². The van der Waals surface area contributed by atoms with Crippen LogP contribution in [0.15, 0.2) is 66.4 Å². The van der Waals surface area contributed by atoms with Crippen molar-refractivity contribution in [1.82, 2.24) is 0 Å². The Bertz CT molecular complexity index is 765. The summed E-state index contributed by atoms with van der Waals surface area (Å²) >= 11 is 0. The third kappa shape index (κ3) is 3.96. The molecule has 2 aromatic carbocycles. The van der Waals surface area contributed by atoms with Crippen molar-refractivity contribution in [3.63, 3.8) is 0 Å². The average molecular weight is 288 g/mol. The lowest BCUT2D eigenvalue weighted by Crippen LogP contribution is -2.14. The number of hydrogen-bond donors (Lipinski definition) is 2. The molecule has 0 radical (unpaired) electrons. The molecular formula is C17H12N4O. The molecule has 0 heterocycles. The highest BCUT2D eigenvalue weighted by molar-refractivity contribution is 6.06. The van der Waals surface area contributed by atoms with Crippen LogP contribution in [0.1, 0.15) is 5.56 Å². The highest BCUT2D eigenvalue weighted by Gasteiger charge is 2.08. The second-order valence-electron chi connectivity index (χ2n) is 4.32. The largest absolute Gasteiger partial charge is 0.360 e. The van der Waals surface area contributed by atoms with Gasteiger partial charge in [0.15, 0.2) is 0 Å². The molecule has 0 saturated heterocycles. The van der Waals surface area contributed by atoms with E-state index in [4.69, 9.17) is 10.5 Å². The summed E-state index contributed by atoms with van der Waals surface area (Å²) in [5.41, 5.74) is 1.79. The molecule has 106 valence electrons. The van der Waals surface area contributed by atoms with Crippen molar-refractivity contribution in [2.45, 2.75) is 0 Å². The molecule has 0 spiro atoms. The van der Waals surface area contributed by atoms with Crippen LogP contribution in [-0.4, -0.2) is 5.91 Å². The van der Waals surface area contributed by atoms with E-state index in [1.54, 1.807) is 48.5 Å². The number of nitrogens with zero attached hydrogens (tertiary/aromatic N) is 2. The van der Waals surface area contributed by atoms with Crippen LogP contribution in [0.25, 0.3) is 0 Å². The average Bonchev–Trinajstić information content (AvgIpc) is 2.57. The fourth-order valence-electron chi connectivity index (χ4n) is 1.67. The summed E-state index contributed by atoms with van der Waals surface area (Å²) in [5.74, 6) is -0.491. The molecule has 0 atom stereocenters. The lowest BCUT2D eigenvalue weighted by molar-refractivity contribution is -0.112. The van der Waals surface area contributed by atoms with Gasteiger partial charge in [-0.1, -0.05) is 18.2 Å². The molecule has 2 rings (SSSR count). The van der Waals surface area contributed by atoms with Crippen LogP contribution in [-0.2, 0) is 4.79 Å². The monoisotopic (exact) mass is 288 g/mol. The number of anilines is 2. The molecule has 0 aliphatic carbocycles. The Kier molecular flexibility index (Phi) is 4.90. The van der Waals surface area contributed by atoms with Crippen LogP contribution in [0.2, 0.25) is 0 Å². The smallest absolute Gasteiger partial charge is 0.267 e. The number of nitrogens with one attached hydrogen (secondary N) is 2. The van der Waals surface area contributed by atoms with Crippen LogP contribution >= 0.6 is 0 Å². The first-order chi connectivity index (χ1) is 10.7. The minimum absolute atomic E-state index is 0.0480. The second-order valence-corrected chi connectivity index (χ2v) is 4.32. The predicted octanol–water partition coefficient (Wildman–Crippen LogP) is 3.02. The summed E-state index contributed by atoms with van der Waals surface area (Å²) < 4.78 is 0. The zero-order valence-corrected chi connectivity index (χ0v) is 11.6. The van der Waals surface area contributed by atoms with E-state index in [1.807, 2.05) is 18.2 Å². The van der Waals surface area contributed by atoms with E-state index in [9.17, 15) is 4.79 Å². The number of benzene rings is 2. The van der Waals surface area contributed by atoms with Crippen LogP contribution < -0.4 is 10.6 Å². The van der Waals surface area contributed by atoms with Crippen molar-refractivity contribution < 1.29 is 4.79 Å². The van der Waals surface area contributed by atoms with E-state index in [-0.39, 0.29) is 5.57 Å². The van der Waals surface area contributed by atoms with Gasteiger partial charge < -0.3 is 10.6 Å². The Hall–Kier alpha value is -3.57. The van der Waals surface area contributed by atoms with Crippen molar-refractivity contribution in [2.75, 3.05) is 10.6 Å². The van der Waals surface area contributed by atoms with Gasteiger partial charge in [0.05, 0.1) is 11.6 Å². The molecule has 2 aromatic rings. The van der Waals surface area contributed by atoms with Crippen molar-refractivity contribution >= 4 is 17.3 Å². The molecular weight excluding hydrogens is 276 g/mol. The zero-order valence-electron chi connectivity index (χ0n) is 11.6. The molecule has 5 heteroatoms. The maximum Gasteiger partial charge on any atom is 0.267 e. The quantitative estimate of drug-likeness (QED) is 0.668. The van der Waals surface area contributed by atoms with Gasteiger partial charge in [-0.3, -0.25) is 4.79 Å². The van der Waals surface area contributed by atoms with E-state index >= 15 is 0 Å². The molecule has 0 unspecified atom stereocenters. The first-order valence-electron chi connectivity index (χ1n) is 6.46. The number of carbonyl (C=O) groups is 1. The highest BCUT2D eigenvalue weighted by atomic mass is 16.1. The SMILES string of the molecule is N#C/C(=C\Nc1ccc(C#N)cc1)C(=O)Nc1ccccc1. The number of nitriles is 2. The van der Waals surface area contributed by atoms with Crippen molar-refractivity contribution in [1.29, 1.82) is 10.5 Å². The van der Waals surface area contributed by atoms with Crippen molar-refractivity contribution in [2.24, 2.45) is 0 Å². The summed E-state index contributed by atoms with van der Waals surface area (Å²) in [6.45, 7) is 0. The molecule has 0 fully saturated rings. The van der Waals surface area contributed by atoms with E-state index in [0.29, 0.717) is 16.9 Å². The minimum atomic E-state index is -0.491. The summed E-state index contributed by atoms with van der Waals surface area (Å²) in [4.78, 5) is 12.0. The zero-order chi connectivity index (χ0) is 15.8. The van der Waals surface area contributed by atoms with E-state index in [1.165, 1.54) is 6.20 Å². The standard InChI is InChI=1S/C17H12N4O/c18-10-13-6-8-15(9-7-13)20-12-14(11-19)17(22)21-16-4-2-1-3-5-16/h1-9,12,20H,(H,21,22)/b14-12+. The molecule has 0 aliphatic rings. The Morgan fingerprint density at radius 3 is 2.23 bits per heavy atom. The first kappa shape index (κ1) is 14.8. The topological polar surface area (TPSA) is 88.7 Å². The van der Waals surface area contributed by atoms with Crippen molar-refractivity contribution in [3.8, 4) is 12.1 Å². The van der Waals surface area contributed by atoms with Crippen LogP contribution in [0.5, 0.6) is 0 Å². The van der Waals surface area contributed by atoms with Gasteiger partial charge in [0.25, 0.3) is 5.91 Å². The Morgan fingerprint density at radius 1 is 0.955 bits per heavy atom. The van der Waals surface area contributed by atoms with Crippen LogP contribution in [0, 0.1) is 22.7 Å². The van der Waals surface area contributed by atoms with Gasteiger partial charge in [0, 0.05) is 17.6 Å². The number of rotatable bonds is 4. The number of para-hydroxylation sites is 1. The maximum absolute atomic E-state index is 12.0. The second kappa shape index (κ2) is 7.28. The van der Waals surface area contributed by atoms with Crippen LogP contribution in [0.3, 0.4) is 0 Å². The van der Waals surface area contributed by atoms with Gasteiger partial charge >= 0.3 is 0 Å². The van der Waals surface area contributed by atoms with Gasteiger partial charge in [0.1, 0.15) is 11.6 Å². The summed E-state index contributed by atoms with van der Waals surface area (Å²) in [5, 5.41) is 23.3. The molecule has 0 saturated carbocycles. The summed E-state index contributed by atoms with van der Waals surface area (Å²) in [7, 11) is 0. The fourth-order valence-corrected chi connectivity index (χ4v) is 1.67. The van der Waals surface area contributed by atoms with Gasteiger partial charge in [-0.05, 0) is 36.4 Å². The fraction of sp³-hybridized carbons (Fsp3) is 0. The van der Waals surface area contributed by atoms with Crippen LogP contribution in [0.4, 0.5) is 11.4 Å². The van der Waals surface area contributed by atoms with Gasteiger partial charge in [-0.15, -0.1) is 0 Å². The van der Waals surface area contributed by atoms with Gasteiger partial charge in [0.2, 0.25) is 0 Å².